The number of alkyl halides is 3. The van der Waals surface area contributed by atoms with Crippen molar-refractivity contribution in [2.45, 2.75) is 6.18 Å². The third-order valence-electron chi connectivity index (χ3n) is 0.961. The molecule has 0 saturated carbocycles. The zero-order chi connectivity index (χ0) is 9.35. The topological polar surface area (TPSA) is 30.0 Å². The van der Waals surface area contributed by atoms with Crippen molar-refractivity contribution < 1.29 is 18.0 Å². The highest BCUT2D eigenvalue weighted by atomic mass is 79.9. The molecule has 0 aliphatic carbocycles. The van der Waals surface area contributed by atoms with Crippen molar-refractivity contribution >= 4 is 33.6 Å². The van der Waals surface area contributed by atoms with Gasteiger partial charge in [0.05, 0.1) is 0 Å². The summed E-state index contributed by atoms with van der Waals surface area (Å²) in [6.45, 7) is 0. The number of carbonyl (C=O) groups excluding carboxylic acids is 1. The Balaban J connectivity index is 3.16. The van der Waals surface area contributed by atoms with Gasteiger partial charge >= 0.3 is 6.18 Å². The summed E-state index contributed by atoms with van der Waals surface area (Å²) in [5.74, 6) is 0. The monoisotopic (exact) mass is 259 g/mol. The van der Waals surface area contributed by atoms with Gasteiger partial charge in [-0.1, -0.05) is 0 Å². The Hall–Kier alpha value is -0.430. The molecule has 0 radical (unpaired) electrons. The van der Waals surface area contributed by atoms with E-state index in [9.17, 15) is 18.0 Å². The van der Waals surface area contributed by atoms with Gasteiger partial charge in [0, 0.05) is 0 Å². The lowest BCUT2D eigenvalue weighted by Gasteiger charge is -2.00. The molecule has 0 amide bonds. The van der Waals surface area contributed by atoms with Crippen LogP contribution in [0.5, 0.6) is 0 Å². The van der Waals surface area contributed by atoms with Crippen LogP contribution >= 0.6 is 27.3 Å². The Labute approximate surface area is 77.5 Å². The van der Waals surface area contributed by atoms with Crippen LogP contribution in [0.4, 0.5) is 13.2 Å². The van der Waals surface area contributed by atoms with Crippen LogP contribution in [0.25, 0.3) is 0 Å². The van der Waals surface area contributed by atoms with Gasteiger partial charge in [-0.3, -0.25) is 4.79 Å². The number of hydrogen-bond acceptors (Lipinski definition) is 3. The van der Waals surface area contributed by atoms with Crippen LogP contribution in [0.1, 0.15) is 14.7 Å². The second-order valence-electron chi connectivity index (χ2n) is 1.79. The van der Waals surface area contributed by atoms with Crippen LogP contribution in [0.2, 0.25) is 0 Å². The van der Waals surface area contributed by atoms with E-state index in [0.29, 0.717) is 11.3 Å². The average molecular weight is 260 g/mol. The molecule has 7 heteroatoms. The Morgan fingerprint density at radius 2 is 2.08 bits per heavy atom. The van der Waals surface area contributed by atoms with Crippen LogP contribution in [-0.4, -0.2) is 11.3 Å². The van der Waals surface area contributed by atoms with Gasteiger partial charge in [-0.2, -0.15) is 13.2 Å². The van der Waals surface area contributed by atoms with Gasteiger partial charge < -0.3 is 0 Å². The quantitative estimate of drug-likeness (QED) is 0.726. The average Bonchev–Trinajstić information content (AvgIpc) is 2.29. The fourth-order valence-electron chi connectivity index (χ4n) is 0.542. The summed E-state index contributed by atoms with van der Waals surface area (Å²) in [5.41, 5.74) is 0. The maximum absolute atomic E-state index is 12.0. The van der Waals surface area contributed by atoms with Crippen LogP contribution in [-0.2, 0) is 6.18 Å². The molecule has 2 nitrogen and oxygen atoms in total. The summed E-state index contributed by atoms with van der Waals surface area (Å²) in [6, 6.07) is 0. The van der Waals surface area contributed by atoms with Gasteiger partial charge in [-0.25, -0.2) is 4.98 Å². The summed E-state index contributed by atoms with van der Waals surface area (Å²) >= 11 is 2.93. The largest absolute Gasteiger partial charge is 0.428 e. The van der Waals surface area contributed by atoms with E-state index < -0.39 is 11.1 Å². The van der Waals surface area contributed by atoms with Gasteiger partial charge in [-0.15, -0.1) is 11.3 Å². The van der Waals surface area contributed by atoms with Crippen molar-refractivity contribution in [3.8, 4) is 0 Å². The minimum absolute atomic E-state index is 0.186. The predicted octanol–water partition coefficient (Wildman–Crippen LogP) is 2.74. The van der Waals surface area contributed by atoms with Gasteiger partial charge in [0.25, 0.3) is 0 Å². The fourth-order valence-corrected chi connectivity index (χ4v) is 1.96. The first-order chi connectivity index (χ1) is 5.45. The lowest BCUT2D eigenvalue weighted by molar-refractivity contribution is -0.135. The first-order valence-corrected chi connectivity index (χ1v) is 4.25. The molecule has 0 atom stereocenters. The van der Waals surface area contributed by atoms with Crippen molar-refractivity contribution in [3.05, 3.63) is 14.5 Å². The predicted molar refractivity (Wildman–Crippen MR) is 40.2 cm³/mol. The zero-order valence-corrected chi connectivity index (χ0v) is 7.76. The highest BCUT2D eigenvalue weighted by Gasteiger charge is 2.36. The Morgan fingerprint density at radius 3 is 2.33 bits per heavy atom. The smallest absolute Gasteiger partial charge is 0.295 e. The maximum atomic E-state index is 12.0. The molecular formula is C5HBrF3NOS. The minimum Gasteiger partial charge on any atom is -0.295 e. The molecule has 0 aliphatic heterocycles. The van der Waals surface area contributed by atoms with Gasteiger partial charge in [0.1, 0.15) is 9.48 Å². The molecule has 0 bridgehead atoms. The number of thiazole rings is 1. The number of aldehydes is 1. The number of rotatable bonds is 1. The van der Waals surface area contributed by atoms with Crippen molar-refractivity contribution in [1.29, 1.82) is 0 Å². The second-order valence-corrected chi connectivity index (χ2v) is 3.57. The summed E-state index contributed by atoms with van der Waals surface area (Å²) in [5, 5.41) is -0.186. The molecule has 0 unspecified atom stereocenters. The molecule has 0 fully saturated rings. The standard InChI is InChI=1S/C5HBrF3NOS/c6-4-3(5(7,8)9)12-2(1-11)10-4/h1H. The molecule has 0 N–H and O–H groups in total. The molecule has 1 heterocycles. The SMILES string of the molecule is O=Cc1nc(Br)c(C(F)(F)F)s1. The highest BCUT2D eigenvalue weighted by Crippen LogP contribution is 2.38. The Bertz CT molecular complexity index is 308. The number of hydrogen-bond donors (Lipinski definition) is 0. The van der Waals surface area contributed by atoms with Gasteiger partial charge in [-0.05, 0) is 15.9 Å². The molecule has 1 rings (SSSR count). The van der Waals surface area contributed by atoms with Crippen LogP contribution in [0.15, 0.2) is 4.60 Å². The lowest BCUT2D eigenvalue weighted by Crippen LogP contribution is -2.02. The number of nitrogens with zero attached hydrogens (tertiary/aromatic N) is 1. The Morgan fingerprint density at radius 1 is 1.50 bits per heavy atom. The minimum atomic E-state index is -4.45. The van der Waals surface area contributed by atoms with E-state index in [4.69, 9.17) is 0 Å². The fraction of sp³-hybridized carbons (Fsp3) is 0.200. The second kappa shape index (κ2) is 3.14. The van der Waals surface area contributed by atoms with Crippen molar-refractivity contribution in [2.75, 3.05) is 0 Å². The van der Waals surface area contributed by atoms with E-state index in [1.165, 1.54) is 0 Å². The number of aromatic nitrogens is 1. The molecular weight excluding hydrogens is 259 g/mol. The summed E-state index contributed by atoms with van der Waals surface area (Å²) in [6.07, 6.45) is -4.16. The van der Waals surface area contributed by atoms with E-state index in [1.54, 1.807) is 0 Å². The molecule has 66 valence electrons. The third kappa shape index (κ3) is 1.84. The van der Waals surface area contributed by atoms with E-state index in [1.807, 2.05) is 0 Å². The van der Waals surface area contributed by atoms with Crippen molar-refractivity contribution in [3.63, 3.8) is 0 Å². The van der Waals surface area contributed by atoms with Crippen molar-refractivity contribution in [1.82, 2.24) is 4.98 Å². The molecule has 0 saturated heterocycles. The van der Waals surface area contributed by atoms with Crippen LogP contribution in [0.3, 0.4) is 0 Å². The first-order valence-electron chi connectivity index (χ1n) is 2.64. The summed E-state index contributed by atoms with van der Waals surface area (Å²) < 4.78 is 35.7. The molecule has 1 aromatic rings. The molecule has 1 aromatic heterocycles. The van der Waals surface area contributed by atoms with E-state index >= 15 is 0 Å². The first kappa shape index (κ1) is 9.66. The van der Waals surface area contributed by atoms with E-state index in [-0.39, 0.29) is 15.9 Å². The molecule has 0 aromatic carbocycles. The molecule has 12 heavy (non-hydrogen) atoms. The lowest BCUT2D eigenvalue weighted by atomic mass is 10.5. The van der Waals surface area contributed by atoms with Crippen LogP contribution in [0, 0.1) is 0 Å². The number of carbonyl (C=O) groups is 1. The summed E-state index contributed by atoms with van der Waals surface area (Å²) in [7, 11) is 0. The van der Waals surface area contributed by atoms with E-state index in [2.05, 4.69) is 20.9 Å². The number of halogens is 4. The molecule has 0 aliphatic rings. The van der Waals surface area contributed by atoms with Crippen LogP contribution < -0.4 is 0 Å². The summed E-state index contributed by atoms with van der Waals surface area (Å²) in [4.78, 5) is 12.5. The zero-order valence-electron chi connectivity index (χ0n) is 5.35. The van der Waals surface area contributed by atoms with E-state index in [0.717, 1.165) is 0 Å². The van der Waals surface area contributed by atoms with Gasteiger partial charge in [0.15, 0.2) is 11.3 Å². The third-order valence-corrected chi connectivity index (χ3v) is 2.82. The maximum Gasteiger partial charge on any atom is 0.428 e. The molecule has 0 spiro atoms. The van der Waals surface area contributed by atoms with Crippen molar-refractivity contribution in [2.24, 2.45) is 0 Å². The highest BCUT2D eigenvalue weighted by molar-refractivity contribution is 9.10. The Kier molecular flexibility index (Phi) is 2.52. The normalized spacial score (nSPS) is 11.7. The van der Waals surface area contributed by atoms with Gasteiger partial charge in [0.2, 0.25) is 0 Å².